The highest BCUT2D eigenvalue weighted by Crippen LogP contribution is 2.30. The van der Waals surface area contributed by atoms with Gasteiger partial charge in [-0.1, -0.05) is 0 Å². The smallest absolute Gasteiger partial charge is 0.228 e. The quantitative estimate of drug-likeness (QED) is 0.817. The van der Waals surface area contributed by atoms with Gasteiger partial charge in [-0.2, -0.15) is 12.6 Å². The zero-order valence-electron chi connectivity index (χ0n) is 8.93. The first kappa shape index (κ1) is 10.8. The topological polar surface area (TPSA) is 42.0 Å². The third-order valence-electron chi connectivity index (χ3n) is 2.69. The first-order chi connectivity index (χ1) is 8.26. The van der Waals surface area contributed by atoms with Gasteiger partial charge < -0.3 is 5.32 Å². The molecule has 0 saturated carbocycles. The van der Waals surface area contributed by atoms with Crippen molar-refractivity contribution in [1.82, 2.24) is 4.98 Å². The highest BCUT2D eigenvalue weighted by atomic mass is 32.1. The molecule has 0 spiro atoms. The summed E-state index contributed by atoms with van der Waals surface area (Å²) in [6, 6.07) is 5.97. The van der Waals surface area contributed by atoms with Crippen LogP contribution in [0.1, 0.15) is 11.3 Å². The fourth-order valence-electron chi connectivity index (χ4n) is 1.87. The van der Waals surface area contributed by atoms with Crippen LogP contribution in [0.25, 0.3) is 10.6 Å². The van der Waals surface area contributed by atoms with Crippen molar-refractivity contribution in [2.45, 2.75) is 12.2 Å². The SMILES string of the molecule is O=C1Cc2cc(-c3nc(CS)cs3)ccc2N1. The molecule has 1 aromatic carbocycles. The van der Waals surface area contributed by atoms with Gasteiger partial charge in [0, 0.05) is 22.4 Å². The number of amides is 1. The predicted octanol–water partition coefficient (Wildman–Crippen LogP) is 2.73. The highest BCUT2D eigenvalue weighted by Gasteiger charge is 2.18. The predicted molar refractivity (Wildman–Crippen MR) is 72.6 cm³/mol. The van der Waals surface area contributed by atoms with Gasteiger partial charge in [-0.25, -0.2) is 4.98 Å². The van der Waals surface area contributed by atoms with Crippen LogP contribution in [0.5, 0.6) is 0 Å². The number of nitrogens with zero attached hydrogens (tertiary/aromatic N) is 1. The van der Waals surface area contributed by atoms with Gasteiger partial charge in [0.05, 0.1) is 12.1 Å². The molecule has 0 saturated heterocycles. The van der Waals surface area contributed by atoms with Crippen molar-refractivity contribution in [1.29, 1.82) is 0 Å². The van der Waals surface area contributed by atoms with Crippen molar-refractivity contribution >= 4 is 35.6 Å². The Bertz CT molecular complexity index is 592. The molecule has 0 aliphatic carbocycles. The van der Waals surface area contributed by atoms with Crippen molar-refractivity contribution in [2.24, 2.45) is 0 Å². The maximum Gasteiger partial charge on any atom is 0.228 e. The van der Waals surface area contributed by atoms with Crippen LogP contribution in [0.4, 0.5) is 5.69 Å². The minimum absolute atomic E-state index is 0.0623. The molecule has 0 radical (unpaired) electrons. The molecule has 5 heteroatoms. The van der Waals surface area contributed by atoms with E-state index < -0.39 is 0 Å². The number of benzene rings is 1. The summed E-state index contributed by atoms with van der Waals surface area (Å²) in [4.78, 5) is 15.7. The van der Waals surface area contributed by atoms with E-state index in [-0.39, 0.29) is 5.91 Å². The van der Waals surface area contributed by atoms with E-state index in [9.17, 15) is 4.79 Å². The average molecular weight is 262 g/mol. The summed E-state index contributed by atoms with van der Waals surface area (Å²) in [7, 11) is 0. The first-order valence-corrected chi connectivity index (χ1v) is 6.76. The summed E-state index contributed by atoms with van der Waals surface area (Å²) < 4.78 is 0. The van der Waals surface area contributed by atoms with E-state index in [1.54, 1.807) is 11.3 Å². The lowest BCUT2D eigenvalue weighted by Gasteiger charge is -2.00. The van der Waals surface area contributed by atoms with E-state index in [4.69, 9.17) is 0 Å². The molecule has 0 unspecified atom stereocenters. The number of aromatic nitrogens is 1. The summed E-state index contributed by atoms with van der Waals surface area (Å²) in [6.07, 6.45) is 0.466. The minimum Gasteiger partial charge on any atom is -0.326 e. The lowest BCUT2D eigenvalue weighted by molar-refractivity contribution is -0.115. The Labute approximate surface area is 108 Å². The summed E-state index contributed by atoms with van der Waals surface area (Å²) in [5.41, 5.74) is 4.03. The molecule has 0 fully saturated rings. The van der Waals surface area contributed by atoms with Crippen LogP contribution in [0.15, 0.2) is 23.6 Å². The van der Waals surface area contributed by atoms with Gasteiger partial charge in [0.1, 0.15) is 5.01 Å². The van der Waals surface area contributed by atoms with Gasteiger partial charge in [0.2, 0.25) is 5.91 Å². The maximum atomic E-state index is 11.3. The molecule has 0 bridgehead atoms. The minimum atomic E-state index is 0.0623. The molecule has 3 nitrogen and oxygen atoms in total. The Hall–Kier alpha value is -1.33. The Morgan fingerprint density at radius 3 is 3.12 bits per heavy atom. The second kappa shape index (κ2) is 4.16. The average Bonchev–Trinajstić information content (AvgIpc) is 2.92. The largest absolute Gasteiger partial charge is 0.326 e. The third-order valence-corrected chi connectivity index (χ3v) is 3.96. The lowest BCUT2D eigenvalue weighted by Crippen LogP contribution is -2.03. The number of anilines is 1. The number of nitrogens with one attached hydrogen (secondary N) is 1. The number of thiol groups is 1. The number of fused-ring (bicyclic) bond motifs is 1. The number of carbonyl (C=O) groups is 1. The van der Waals surface area contributed by atoms with E-state index in [0.717, 1.165) is 27.5 Å². The molecular weight excluding hydrogens is 252 g/mol. The molecule has 3 rings (SSSR count). The second-order valence-corrected chi connectivity index (χ2v) is 5.07. The van der Waals surface area contributed by atoms with Gasteiger partial charge in [0.25, 0.3) is 0 Å². The van der Waals surface area contributed by atoms with Gasteiger partial charge in [-0.15, -0.1) is 11.3 Å². The fraction of sp³-hybridized carbons (Fsp3) is 0.167. The van der Waals surface area contributed by atoms with Gasteiger partial charge in [-0.3, -0.25) is 4.79 Å². The lowest BCUT2D eigenvalue weighted by atomic mass is 10.1. The number of hydrogen-bond acceptors (Lipinski definition) is 4. The summed E-state index contributed by atoms with van der Waals surface area (Å²) >= 11 is 5.81. The Kier molecular flexibility index (Phi) is 2.64. The molecule has 1 amide bonds. The molecule has 0 atom stereocenters. The molecular formula is C12H10N2OS2. The maximum absolute atomic E-state index is 11.3. The van der Waals surface area contributed by atoms with E-state index >= 15 is 0 Å². The fourth-order valence-corrected chi connectivity index (χ4v) is 2.98. The van der Waals surface area contributed by atoms with E-state index in [0.29, 0.717) is 12.2 Å². The van der Waals surface area contributed by atoms with Crippen LogP contribution in [0.3, 0.4) is 0 Å². The highest BCUT2D eigenvalue weighted by molar-refractivity contribution is 7.79. The van der Waals surface area contributed by atoms with Crippen molar-refractivity contribution in [3.63, 3.8) is 0 Å². The number of hydrogen-bond donors (Lipinski definition) is 2. The Morgan fingerprint density at radius 1 is 1.47 bits per heavy atom. The molecule has 2 aromatic rings. The van der Waals surface area contributed by atoms with Crippen molar-refractivity contribution in [3.05, 3.63) is 34.8 Å². The molecule has 86 valence electrons. The van der Waals surface area contributed by atoms with Crippen LogP contribution in [-0.4, -0.2) is 10.9 Å². The van der Waals surface area contributed by atoms with Gasteiger partial charge in [0.15, 0.2) is 0 Å². The van der Waals surface area contributed by atoms with Crippen LogP contribution >= 0.6 is 24.0 Å². The van der Waals surface area contributed by atoms with E-state index in [1.807, 2.05) is 23.6 Å². The normalized spacial score (nSPS) is 13.6. The standard InChI is InChI=1S/C12H10N2OS2/c15-11-4-8-3-7(1-2-10(8)14-11)12-13-9(5-16)6-17-12/h1-3,6,16H,4-5H2,(H,14,15). The Morgan fingerprint density at radius 2 is 2.35 bits per heavy atom. The summed E-state index contributed by atoms with van der Waals surface area (Å²) in [5.74, 6) is 0.717. The molecule has 2 heterocycles. The van der Waals surface area contributed by atoms with Crippen LogP contribution < -0.4 is 5.32 Å². The van der Waals surface area contributed by atoms with Crippen LogP contribution in [-0.2, 0) is 17.0 Å². The van der Waals surface area contributed by atoms with Gasteiger partial charge >= 0.3 is 0 Å². The molecule has 17 heavy (non-hydrogen) atoms. The Balaban J connectivity index is 1.99. The van der Waals surface area contributed by atoms with Crippen molar-refractivity contribution < 1.29 is 4.79 Å². The zero-order chi connectivity index (χ0) is 11.8. The molecule has 1 aliphatic heterocycles. The zero-order valence-corrected chi connectivity index (χ0v) is 10.6. The van der Waals surface area contributed by atoms with Crippen LogP contribution in [0, 0.1) is 0 Å². The molecule has 1 aromatic heterocycles. The van der Waals surface area contributed by atoms with E-state index in [1.165, 1.54) is 0 Å². The van der Waals surface area contributed by atoms with Crippen molar-refractivity contribution in [2.75, 3.05) is 5.32 Å². The molecule has 1 aliphatic rings. The number of carbonyl (C=O) groups excluding carboxylic acids is 1. The molecule has 1 N–H and O–H groups in total. The van der Waals surface area contributed by atoms with Crippen LogP contribution in [0.2, 0.25) is 0 Å². The second-order valence-electron chi connectivity index (χ2n) is 3.90. The number of rotatable bonds is 2. The summed E-state index contributed by atoms with van der Waals surface area (Å²) in [6.45, 7) is 0. The summed E-state index contributed by atoms with van der Waals surface area (Å²) in [5, 5.41) is 5.82. The van der Waals surface area contributed by atoms with Gasteiger partial charge in [-0.05, 0) is 23.8 Å². The van der Waals surface area contributed by atoms with Crippen molar-refractivity contribution in [3.8, 4) is 10.6 Å². The monoisotopic (exact) mass is 262 g/mol. The third kappa shape index (κ3) is 1.96. The first-order valence-electron chi connectivity index (χ1n) is 5.24. The number of thiazole rings is 1. The van der Waals surface area contributed by atoms with E-state index in [2.05, 4.69) is 22.9 Å².